The molecule has 3 atom stereocenters. The number of nitriles is 1. The van der Waals surface area contributed by atoms with Crippen molar-refractivity contribution < 1.29 is 14.4 Å². The number of hydrogen-bond acceptors (Lipinski definition) is 4. The minimum Gasteiger partial charge on any atom is -0.326 e. The lowest BCUT2D eigenvalue weighted by Crippen LogP contribution is -2.53. The van der Waals surface area contributed by atoms with Crippen LogP contribution in [-0.4, -0.2) is 41.4 Å². The maximum atomic E-state index is 13.9. The molecule has 2 heterocycles. The standard InChI is InChI=1S/C28H33N5O3/c1-17-9-8-10-18(2)23(17)32-26(36)31-22(14-27(3,4)5)24(34)33-16-28(13-19(33)15-29)20-11-6-7-12-21(20)30-25(28)35/h6-12,19,22H,13-14,16H2,1-5H3,(H,30,35)(H2,31,32,36)/t19-,22-,28-/m0/s1. The third kappa shape index (κ3) is 4.66. The molecule has 0 radical (unpaired) electrons. The molecule has 2 aromatic carbocycles. The Morgan fingerprint density at radius 1 is 1.17 bits per heavy atom. The van der Waals surface area contributed by atoms with Crippen molar-refractivity contribution in [2.45, 2.75) is 65.0 Å². The first-order valence-corrected chi connectivity index (χ1v) is 12.2. The van der Waals surface area contributed by atoms with Gasteiger partial charge in [-0.3, -0.25) is 9.59 Å². The molecule has 4 amide bonds. The van der Waals surface area contributed by atoms with Crippen molar-refractivity contribution in [2.24, 2.45) is 5.41 Å². The number of amides is 4. The number of urea groups is 1. The van der Waals surface area contributed by atoms with E-state index in [2.05, 4.69) is 22.0 Å². The zero-order valence-electron chi connectivity index (χ0n) is 21.4. The van der Waals surface area contributed by atoms with Gasteiger partial charge in [0.2, 0.25) is 11.8 Å². The van der Waals surface area contributed by atoms with E-state index >= 15 is 0 Å². The Kier molecular flexibility index (Phi) is 6.52. The van der Waals surface area contributed by atoms with Crippen molar-refractivity contribution in [3.05, 3.63) is 59.2 Å². The molecule has 0 saturated carbocycles. The van der Waals surface area contributed by atoms with Gasteiger partial charge >= 0.3 is 6.03 Å². The van der Waals surface area contributed by atoms with Crippen molar-refractivity contribution in [2.75, 3.05) is 17.2 Å². The van der Waals surface area contributed by atoms with Crippen molar-refractivity contribution in [3.63, 3.8) is 0 Å². The number of fused-ring (bicyclic) bond motifs is 2. The van der Waals surface area contributed by atoms with Gasteiger partial charge in [0, 0.05) is 24.3 Å². The number of benzene rings is 2. The van der Waals surface area contributed by atoms with Gasteiger partial charge in [0.25, 0.3) is 0 Å². The van der Waals surface area contributed by atoms with E-state index in [-0.39, 0.29) is 30.2 Å². The Morgan fingerprint density at radius 2 is 1.83 bits per heavy atom. The lowest BCUT2D eigenvalue weighted by atomic mass is 9.80. The van der Waals surface area contributed by atoms with Gasteiger partial charge in [0.1, 0.15) is 12.1 Å². The number of likely N-dealkylation sites (tertiary alicyclic amines) is 1. The van der Waals surface area contributed by atoms with E-state index in [1.54, 1.807) is 0 Å². The molecule has 8 heteroatoms. The quantitative estimate of drug-likeness (QED) is 0.598. The average Bonchev–Trinajstić information content (AvgIpc) is 3.33. The largest absolute Gasteiger partial charge is 0.326 e. The van der Waals surface area contributed by atoms with Gasteiger partial charge in [0.05, 0.1) is 11.5 Å². The molecule has 2 aromatic rings. The molecular weight excluding hydrogens is 454 g/mol. The second kappa shape index (κ2) is 9.30. The van der Waals surface area contributed by atoms with E-state index in [9.17, 15) is 19.6 Å². The van der Waals surface area contributed by atoms with Crippen molar-refractivity contribution >= 4 is 29.2 Å². The highest BCUT2D eigenvalue weighted by atomic mass is 16.2. The zero-order valence-corrected chi connectivity index (χ0v) is 21.4. The zero-order chi connectivity index (χ0) is 26.3. The monoisotopic (exact) mass is 487 g/mol. The number of nitrogens with one attached hydrogen (secondary N) is 3. The average molecular weight is 488 g/mol. The molecule has 3 N–H and O–H groups in total. The molecule has 2 aliphatic heterocycles. The molecule has 0 bridgehead atoms. The van der Waals surface area contributed by atoms with E-state index in [0.29, 0.717) is 17.8 Å². The van der Waals surface area contributed by atoms with E-state index in [1.807, 2.05) is 77.1 Å². The number of anilines is 2. The second-order valence-electron chi connectivity index (χ2n) is 11.1. The summed E-state index contributed by atoms with van der Waals surface area (Å²) in [6.07, 6.45) is 0.589. The van der Waals surface area contributed by atoms with Crippen LogP contribution in [0.1, 0.15) is 50.3 Å². The summed E-state index contributed by atoms with van der Waals surface area (Å²) >= 11 is 0. The van der Waals surface area contributed by atoms with E-state index < -0.39 is 23.5 Å². The maximum Gasteiger partial charge on any atom is 0.319 e. The smallest absolute Gasteiger partial charge is 0.319 e. The first kappa shape index (κ1) is 25.2. The molecule has 2 aliphatic rings. The summed E-state index contributed by atoms with van der Waals surface area (Å²) in [5, 5.41) is 18.6. The normalized spacial score (nSPS) is 21.5. The van der Waals surface area contributed by atoms with Crippen LogP contribution in [0.25, 0.3) is 0 Å². The highest BCUT2D eigenvalue weighted by Crippen LogP contribution is 2.46. The summed E-state index contributed by atoms with van der Waals surface area (Å²) in [6, 6.07) is 13.2. The fraction of sp³-hybridized carbons (Fsp3) is 0.429. The minimum atomic E-state index is -0.973. The topological polar surface area (TPSA) is 114 Å². The molecular formula is C28H33N5O3. The number of para-hydroxylation sites is 2. The highest BCUT2D eigenvalue weighted by molar-refractivity contribution is 6.07. The first-order chi connectivity index (χ1) is 16.9. The fourth-order valence-electron chi connectivity index (χ4n) is 5.32. The van der Waals surface area contributed by atoms with Gasteiger partial charge in [-0.15, -0.1) is 0 Å². The molecule has 0 aliphatic carbocycles. The van der Waals surface area contributed by atoms with Crippen molar-refractivity contribution in [1.29, 1.82) is 5.26 Å². The molecule has 0 aromatic heterocycles. The van der Waals surface area contributed by atoms with Gasteiger partial charge in [-0.05, 0) is 48.4 Å². The van der Waals surface area contributed by atoms with E-state index in [4.69, 9.17) is 0 Å². The second-order valence-corrected chi connectivity index (χ2v) is 11.1. The fourth-order valence-corrected chi connectivity index (χ4v) is 5.32. The first-order valence-electron chi connectivity index (χ1n) is 12.2. The lowest BCUT2D eigenvalue weighted by molar-refractivity contribution is -0.134. The van der Waals surface area contributed by atoms with Crippen LogP contribution >= 0.6 is 0 Å². The summed E-state index contributed by atoms with van der Waals surface area (Å²) in [7, 11) is 0. The van der Waals surface area contributed by atoms with E-state index in [0.717, 1.165) is 16.7 Å². The van der Waals surface area contributed by atoms with Crippen LogP contribution in [0, 0.1) is 30.6 Å². The number of nitrogens with zero attached hydrogens (tertiary/aromatic N) is 2. The molecule has 188 valence electrons. The number of hydrogen-bond donors (Lipinski definition) is 3. The summed E-state index contributed by atoms with van der Waals surface area (Å²) in [5.74, 6) is -0.561. The molecule has 0 unspecified atom stereocenters. The number of rotatable bonds is 4. The van der Waals surface area contributed by atoms with Gasteiger partial charge < -0.3 is 20.9 Å². The third-order valence-corrected chi connectivity index (χ3v) is 7.06. The molecule has 8 nitrogen and oxygen atoms in total. The Balaban J connectivity index is 1.60. The predicted octanol–water partition coefficient (Wildman–Crippen LogP) is 4.24. The van der Waals surface area contributed by atoms with Crippen LogP contribution in [0.2, 0.25) is 0 Å². The maximum absolute atomic E-state index is 13.9. The van der Waals surface area contributed by atoms with Gasteiger partial charge in [0.15, 0.2) is 0 Å². The molecule has 4 rings (SSSR count). The number of carbonyl (C=O) groups is 3. The van der Waals surface area contributed by atoms with Crippen molar-refractivity contribution in [3.8, 4) is 6.07 Å². The summed E-state index contributed by atoms with van der Waals surface area (Å²) in [5.41, 5.74) is 2.81. The van der Waals surface area contributed by atoms with Crippen LogP contribution in [0.5, 0.6) is 0 Å². The van der Waals surface area contributed by atoms with Gasteiger partial charge in [-0.1, -0.05) is 57.2 Å². The van der Waals surface area contributed by atoms with Crippen molar-refractivity contribution in [1.82, 2.24) is 10.2 Å². The third-order valence-electron chi connectivity index (χ3n) is 7.06. The Morgan fingerprint density at radius 3 is 2.47 bits per heavy atom. The summed E-state index contributed by atoms with van der Waals surface area (Å²) in [6.45, 7) is 9.89. The van der Waals surface area contributed by atoms with Crippen LogP contribution < -0.4 is 16.0 Å². The van der Waals surface area contributed by atoms with E-state index in [1.165, 1.54) is 4.90 Å². The molecule has 1 saturated heterocycles. The summed E-state index contributed by atoms with van der Waals surface area (Å²) in [4.78, 5) is 41.5. The number of carbonyl (C=O) groups excluding carboxylic acids is 3. The van der Waals surface area contributed by atoms with Gasteiger partial charge in [-0.25, -0.2) is 4.79 Å². The van der Waals surface area contributed by atoms with Crippen LogP contribution in [0.3, 0.4) is 0 Å². The Labute approximate surface area is 212 Å². The lowest BCUT2D eigenvalue weighted by Gasteiger charge is -2.31. The summed E-state index contributed by atoms with van der Waals surface area (Å²) < 4.78 is 0. The SMILES string of the molecule is Cc1cccc(C)c1NC(=O)N[C@@H](CC(C)(C)C)C(=O)N1C[C@]2(C[C@H]1C#N)C(=O)Nc1ccccc12. The Bertz CT molecular complexity index is 1240. The minimum absolute atomic E-state index is 0.0910. The number of aryl methyl sites for hydroxylation is 2. The van der Waals surface area contributed by atoms with Crippen LogP contribution in [0.15, 0.2) is 42.5 Å². The molecule has 1 fully saturated rings. The Hall–Kier alpha value is -3.86. The van der Waals surface area contributed by atoms with Gasteiger partial charge in [-0.2, -0.15) is 5.26 Å². The molecule has 1 spiro atoms. The predicted molar refractivity (Wildman–Crippen MR) is 138 cm³/mol. The van der Waals surface area contributed by atoms with Crippen LogP contribution in [0.4, 0.5) is 16.2 Å². The highest BCUT2D eigenvalue weighted by Gasteiger charge is 2.56. The molecule has 36 heavy (non-hydrogen) atoms. The van der Waals surface area contributed by atoms with Crippen LogP contribution in [-0.2, 0) is 15.0 Å².